The van der Waals surface area contributed by atoms with E-state index in [2.05, 4.69) is 10.6 Å². The second-order valence-corrected chi connectivity index (χ2v) is 7.62. The van der Waals surface area contributed by atoms with Crippen LogP contribution >= 0.6 is 0 Å². The van der Waals surface area contributed by atoms with Crippen LogP contribution in [0.1, 0.15) is 43.0 Å². The topological polar surface area (TPSA) is 87.7 Å². The Hall–Kier alpha value is -3.19. The minimum absolute atomic E-state index is 0.0384. The molecule has 7 heteroatoms. The first kappa shape index (κ1) is 24.1. The summed E-state index contributed by atoms with van der Waals surface area (Å²) in [5.41, 5.74) is 5.12. The molecule has 2 amide bonds. The third-order valence-corrected chi connectivity index (χ3v) is 5.21. The second-order valence-electron chi connectivity index (χ2n) is 7.62. The van der Waals surface area contributed by atoms with Gasteiger partial charge in [0.2, 0.25) is 5.91 Å². The molecule has 0 fully saturated rings. The molecule has 0 aliphatic carbocycles. The molecule has 0 radical (unpaired) electrons. The Kier molecular flexibility index (Phi) is 8.75. The maximum Gasteiger partial charge on any atom is 0.251 e. The van der Waals surface area contributed by atoms with Crippen LogP contribution in [0.15, 0.2) is 30.3 Å². The molecule has 0 saturated heterocycles. The van der Waals surface area contributed by atoms with Gasteiger partial charge in [-0.25, -0.2) is 0 Å². The molecule has 7 nitrogen and oxygen atoms in total. The van der Waals surface area contributed by atoms with Gasteiger partial charge in [-0.3, -0.25) is 14.4 Å². The second kappa shape index (κ2) is 11.3. The van der Waals surface area contributed by atoms with Crippen molar-refractivity contribution in [3.63, 3.8) is 0 Å². The van der Waals surface area contributed by atoms with Gasteiger partial charge in [0, 0.05) is 26.2 Å². The molecular weight excluding hydrogens is 394 g/mol. The Balaban J connectivity index is 2.14. The predicted molar refractivity (Wildman–Crippen MR) is 121 cm³/mol. The van der Waals surface area contributed by atoms with Crippen LogP contribution in [0.3, 0.4) is 0 Å². The first-order valence-corrected chi connectivity index (χ1v) is 10.2. The van der Waals surface area contributed by atoms with Crippen LogP contribution in [0.2, 0.25) is 0 Å². The summed E-state index contributed by atoms with van der Waals surface area (Å²) in [4.78, 5) is 36.9. The van der Waals surface area contributed by atoms with E-state index >= 15 is 0 Å². The van der Waals surface area contributed by atoms with Gasteiger partial charge < -0.3 is 20.3 Å². The van der Waals surface area contributed by atoms with E-state index in [1.54, 1.807) is 26.2 Å². The monoisotopic (exact) mass is 425 g/mol. The lowest BCUT2D eigenvalue weighted by molar-refractivity contribution is -0.127. The van der Waals surface area contributed by atoms with Crippen LogP contribution in [0.4, 0.5) is 0 Å². The number of hydrogen-bond acceptors (Lipinski definition) is 5. The van der Waals surface area contributed by atoms with Crippen molar-refractivity contribution < 1.29 is 19.1 Å². The SMILES string of the molecule is CNCCOc1c(C=O)cc(Cc2ccc(C(=O)NCC(=O)N(C)C)cc2)c(C)c1C. The number of amides is 2. The van der Waals surface area contributed by atoms with E-state index in [1.165, 1.54) is 4.90 Å². The summed E-state index contributed by atoms with van der Waals surface area (Å²) in [5.74, 6) is 0.172. The molecule has 0 bridgehead atoms. The van der Waals surface area contributed by atoms with E-state index in [-0.39, 0.29) is 18.4 Å². The fourth-order valence-corrected chi connectivity index (χ4v) is 3.12. The van der Waals surface area contributed by atoms with E-state index in [1.807, 2.05) is 39.1 Å². The van der Waals surface area contributed by atoms with Crippen molar-refractivity contribution in [1.82, 2.24) is 15.5 Å². The Bertz CT molecular complexity index is 937. The van der Waals surface area contributed by atoms with Crippen LogP contribution in [0.5, 0.6) is 5.75 Å². The maximum atomic E-state index is 12.2. The summed E-state index contributed by atoms with van der Waals surface area (Å²) in [6.07, 6.45) is 1.46. The fraction of sp³-hybridized carbons (Fsp3) is 0.375. The molecule has 0 saturated carbocycles. The Morgan fingerprint density at radius 2 is 1.77 bits per heavy atom. The van der Waals surface area contributed by atoms with Crippen LogP contribution < -0.4 is 15.4 Å². The molecule has 2 aromatic rings. The summed E-state index contributed by atoms with van der Waals surface area (Å²) in [5, 5.41) is 5.64. The van der Waals surface area contributed by atoms with Crippen LogP contribution in [0.25, 0.3) is 0 Å². The highest BCUT2D eigenvalue weighted by Crippen LogP contribution is 2.29. The van der Waals surface area contributed by atoms with Crippen LogP contribution in [0, 0.1) is 13.8 Å². The smallest absolute Gasteiger partial charge is 0.251 e. The first-order chi connectivity index (χ1) is 14.8. The van der Waals surface area contributed by atoms with Crippen molar-refractivity contribution in [2.75, 3.05) is 40.8 Å². The van der Waals surface area contributed by atoms with Gasteiger partial charge in [0.25, 0.3) is 5.91 Å². The average molecular weight is 426 g/mol. The van der Waals surface area contributed by atoms with Gasteiger partial charge in [-0.05, 0) is 67.8 Å². The zero-order valence-corrected chi connectivity index (χ0v) is 18.9. The number of carbonyl (C=O) groups is 3. The lowest BCUT2D eigenvalue weighted by atomic mass is 9.93. The van der Waals surface area contributed by atoms with Gasteiger partial charge in [-0.15, -0.1) is 0 Å². The van der Waals surface area contributed by atoms with E-state index < -0.39 is 0 Å². The predicted octanol–water partition coefficient (Wildman–Crippen LogP) is 2.12. The molecule has 0 spiro atoms. The number of nitrogens with zero attached hydrogens (tertiary/aromatic N) is 1. The molecule has 166 valence electrons. The molecule has 2 N–H and O–H groups in total. The van der Waals surface area contributed by atoms with Gasteiger partial charge >= 0.3 is 0 Å². The van der Waals surface area contributed by atoms with Gasteiger partial charge in [-0.2, -0.15) is 0 Å². The molecular formula is C24H31N3O4. The number of aldehydes is 1. The van der Waals surface area contributed by atoms with Crippen molar-refractivity contribution in [1.29, 1.82) is 0 Å². The minimum Gasteiger partial charge on any atom is -0.491 e. The minimum atomic E-state index is -0.292. The van der Waals surface area contributed by atoms with E-state index in [9.17, 15) is 14.4 Å². The number of carbonyl (C=O) groups excluding carboxylic acids is 3. The molecule has 0 unspecified atom stereocenters. The summed E-state index contributed by atoms with van der Waals surface area (Å²) in [7, 11) is 5.14. The summed E-state index contributed by atoms with van der Waals surface area (Å²) >= 11 is 0. The molecule has 0 aliphatic rings. The number of rotatable bonds is 10. The van der Waals surface area contributed by atoms with Gasteiger partial charge in [0.15, 0.2) is 6.29 Å². The largest absolute Gasteiger partial charge is 0.491 e. The highest BCUT2D eigenvalue weighted by molar-refractivity contribution is 5.96. The first-order valence-electron chi connectivity index (χ1n) is 10.2. The van der Waals surface area contributed by atoms with E-state index in [0.717, 1.165) is 28.5 Å². The third-order valence-electron chi connectivity index (χ3n) is 5.21. The van der Waals surface area contributed by atoms with Crippen molar-refractivity contribution in [2.45, 2.75) is 20.3 Å². The standard InChI is InChI=1S/C24H31N3O4/c1-16-17(2)23(31-11-10-25-3)21(15-28)13-20(16)12-18-6-8-19(9-7-18)24(30)26-14-22(29)27(4)5/h6-9,13,15,25H,10-12,14H2,1-5H3,(H,26,30). The number of hydrogen-bond donors (Lipinski definition) is 2. The van der Waals surface area contributed by atoms with Crippen LogP contribution in [-0.4, -0.2) is 63.8 Å². The van der Waals surface area contributed by atoms with Crippen LogP contribution in [-0.2, 0) is 11.2 Å². The van der Waals surface area contributed by atoms with Crippen molar-refractivity contribution in [3.05, 3.63) is 63.7 Å². The van der Waals surface area contributed by atoms with Gasteiger partial charge in [0.05, 0.1) is 12.1 Å². The van der Waals surface area contributed by atoms with Gasteiger partial charge in [-0.1, -0.05) is 12.1 Å². The van der Waals surface area contributed by atoms with Crippen molar-refractivity contribution in [2.24, 2.45) is 0 Å². The highest BCUT2D eigenvalue weighted by Gasteiger charge is 2.15. The number of likely N-dealkylation sites (N-methyl/N-ethyl adjacent to an activating group) is 2. The molecule has 2 rings (SSSR count). The average Bonchev–Trinajstić information content (AvgIpc) is 2.76. The van der Waals surface area contributed by atoms with E-state index in [0.29, 0.717) is 36.4 Å². The maximum absolute atomic E-state index is 12.2. The fourth-order valence-electron chi connectivity index (χ4n) is 3.12. The summed E-state index contributed by atoms with van der Waals surface area (Å²) < 4.78 is 5.82. The Morgan fingerprint density at radius 1 is 1.10 bits per heavy atom. The van der Waals surface area contributed by atoms with Crippen molar-refractivity contribution >= 4 is 18.1 Å². The number of benzene rings is 2. The lowest BCUT2D eigenvalue weighted by Crippen LogP contribution is -2.36. The molecule has 0 atom stereocenters. The molecule has 0 aromatic heterocycles. The summed E-state index contributed by atoms with van der Waals surface area (Å²) in [6.45, 7) is 5.13. The van der Waals surface area contributed by atoms with Crippen molar-refractivity contribution in [3.8, 4) is 5.75 Å². The molecule has 0 aliphatic heterocycles. The normalized spacial score (nSPS) is 10.5. The number of ether oxygens (including phenoxy) is 1. The lowest BCUT2D eigenvalue weighted by Gasteiger charge is -2.17. The molecule has 31 heavy (non-hydrogen) atoms. The van der Waals surface area contributed by atoms with E-state index in [4.69, 9.17) is 4.74 Å². The highest BCUT2D eigenvalue weighted by atomic mass is 16.5. The number of nitrogens with one attached hydrogen (secondary N) is 2. The summed E-state index contributed by atoms with van der Waals surface area (Å²) in [6, 6.07) is 9.12. The Morgan fingerprint density at radius 3 is 2.35 bits per heavy atom. The molecule has 0 heterocycles. The quantitative estimate of drug-likeness (QED) is 0.450. The Labute approximate surface area is 183 Å². The van der Waals surface area contributed by atoms with Gasteiger partial charge in [0.1, 0.15) is 12.4 Å². The zero-order chi connectivity index (χ0) is 23.0. The zero-order valence-electron chi connectivity index (χ0n) is 18.9. The third kappa shape index (κ3) is 6.39. The molecule has 2 aromatic carbocycles.